The SMILES string of the molecule is CN=C(NCCCSc1ccc(F)cc1)NCCNC(=O)c1ccco1.I. The molecule has 0 saturated carbocycles. The van der Waals surface area contributed by atoms with Gasteiger partial charge in [-0.15, -0.1) is 35.7 Å². The molecule has 0 bridgehead atoms. The summed E-state index contributed by atoms with van der Waals surface area (Å²) in [5.74, 6) is 1.45. The average molecular weight is 506 g/mol. The Hall–Kier alpha value is -1.75. The van der Waals surface area contributed by atoms with Crippen molar-refractivity contribution in [1.29, 1.82) is 0 Å². The lowest BCUT2D eigenvalue weighted by Crippen LogP contribution is -2.41. The zero-order chi connectivity index (χ0) is 18.6. The van der Waals surface area contributed by atoms with Crippen molar-refractivity contribution in [2.75, 3.05) is 32.4 Å². The fraction of sp³-hybridized carbons (Fsp3) is 0.333. The number of rotatable bonds is 9. The number of aliphatic imine (C=N–C) groups is 1. The van der Waals surface area contributed by atoms with Crippen LogP contribution in [-0.2, 0) is 0 Å². The highest BCUT2D eigenvalue weighted by atomic mass is 127. The number of carbonyl (C=O) groups is 1. The van der Waals surface area contributed by atoms with Crippen LogP contribution in [-0.4, -0.2) is 44.3 Å². The van der Waals surface area contributed by atoms with Gasteiger partial charge in [0.1, 0.15) is 5.82 Å². The molecule has 0 radical (unpaired) electrons. The Morgan fingerprint density at radius 2 is 1.81 bits per heavy atom. The summed E-state index contributed by atoms with van der Waals surface area (Å²) in [6, 6.07) is 9.80. The Kier molecular flexibility index (Phi) is 11.6. The van der Waals surface area contributed by atoms with Crippen LogP contribution in [0.15, 0.2) is 57.0 Å². The number of guanidine groups is 1. The first-order valence-electron chi connectivity index (χ1n) is 8.33. The van der Waals surface area contributed by atoms with Gasteiger partial charge in [0.2, 0.25) is 0 Å². The van der Waals surface area contributed by atoms with Gasteiger partial charge in [0.05, 0.1) is 6.26 Å². The number of halogens is 2. The molecular weight excluding hydrogens is 482 g/mol. The predicted molar refractivity (Wildman–Crippen MR) is 118 cm³/mol. The van der Waals surface area contributed by atoms with Crippen LogP contribution < -0.4 is 16.0 Å². The quantitative estimate of drug-likeness (QED) is 0.160. The van der Waals surface area contributed by atoms with Crippen molar-refractivity contribution in [3.05, 3.63) is 54.2 Å². The highest BCUT2D eigenvalue weighted by Gasteiger charge is 2.06. The molecule has 27 heavy (non-hydrogen) atoms. The van der Waals surface area contributed by atoms with Crippen LogP contribution in [0.2, 0.25) is 0 Å². The molecule has 3 N–H and O–H groups in total. The fourth-order valence-electron chi connectivity index (χ4n) is 2.07. The summed E-state index contributed by atoms with van der Waals surface area (Å²) >= 11 is 1.69. The summed E-state index contributed by atoms with van der Waals surface area (Å²) in [6.45, 7) is 1.78. The monoisotopic (exact) mass is 506 g/mol. The molecule has 0 aliphatic rings. The molecule has 0 aliphatic heterocycles. The van der Waals surface area contributed by atoms with Crippen LogP contribution >= 0.6 is 35.7 Å². The first-order chi connectivity index (χ1) is 12.7. The van der Waals surface area contributed by atoms with E-state index in [2.05, 4.69) is 20.9 Å². The Morgan fingerprint density at radius 3 is 2.48 bits per heavy atom. The zero-order valence-electron chi connectivity index (χ0n) is 15.0. The summed E-state index contributed by atoms with van der Waals surface area (Å²) < 4.78 is 17.9. The Balaban J connectivity index is 0.00000364. The number of hydrogen-bond donors (Lipinski definition) is 3. The highest BCUT2D eigenvalue weighted by Crippen LogP contribution is 2.18. The van der Waals surface area contributed by atoms with Crippen LogP contribution in [0.1, 0.15) is 17.0 Å². The number of carbonyl (C=O) groups excluding carboxylic acids is 1. The largest absolute Gasteiger partial charge is 0.459 e. The first kappa shape index (κ1) is 23.3. The molecule has 0 aliphatic carbocycles. The third kappa shape index (κ3) is 9.14. The van der Waals surface area contributed by atoms with Crippen molar-refractivity contribution >= 4 is 47.6 Å². The first-order valence-corrected chi connectivity index (χ1v) is 9.32. The lowest BCUT2D eigenvalue weighted by atomic mass is 10.4. The van der Waals surface area contributed by atoms with Crippen molar-refractivity contribution in [3.63, 3.8) is 0 Å². The Bertz CT molecular complexity index is 696. The van der Waals surface area contributed by atoms with Crippen LogP contribution in [0.25, 0.3) is 0 Å². The number of nitrogens with zero attached hydrogens (tertiary/aromatic N) is 1. The maximum atomic E-state index is 12.8. The van der Waals surface area contributed by atoms with E-state index in [0.717, 1.165) is 23.6 Å². The Morgan fingerprint density at radius 1 is 1.11 bits per heavy atom. The van der Waals surface area contributed by atoms with Gasteiger partial charge in [-0.05, 0) is 48.6 Å². The molecule has 1 aromatic carbocycles. The van der Waals surface area contributed by atoms with Crippen LogP contribution in [0, 0.1) is 5.82 Å². The van der Waals surface area contributed by atoms with E-state index < -0.39 is 0 Å². The number of nitrogens with one attached hydrogen (secondary N) is 3. The van der Waals surface area contributed by atoms with E-state index in [1.165, 1.54) is 18.4 Å². The number of amides is 1. The third-order valence-corrected chi connectivity index (χ3v) is 4.47. The van der Waals surface area contributed by atoms with E-state index in [0.29, 0.717) is 24.8 Å². The second-order valence-electron chi connectivity index (χ2n) is 5.31. The van der Waals surface area contributed by atoms with Crippen LogP contribution in [0.3, 0.4) is 0 Å². The highest BCUT2D eigenvalue weighted by molar-refractivity contribution is 14.0. The molecule has 0 fully saturated rings. The Labute approximate surface area is 179 Å². The molecule has 0 spiro atoms. The van der Waals surface area contributed by atoms with Gasteiger partial charge in [-0.2, -0.15) is 0 Å². The molecule has 0 unspecified atom stereocenters. The smallest absolute Gasteiger partial charge is 0.287 e. The van der Waals surface area contributed by atoms with Crippen molar-refractivity contribution in [2.24, 2.45) is 4.99 Å². The molecule has 148 valence electrons. The van der Waals surface area contributed by atoms with Gasteiger partial charge in [-0.1, -0.05) is 0 Å². The summed E-state index contributed by atoms with van der Waals surface area (Å²) in [4.78, 5) is 16.9. The van der Waals surface area contributed by atoms with Gasteiger partial charge in [0.25, 0.3) is 5.91 Å². The predicted octanol–water partition coefficient (Wildman–Crippen LogP) is 3.11. The van der Waals surface area contributed by atoms with E-state index in [9.17, 15) is 9.18 Å². The number of furan rings is 1. The van der Waals surface area contributed by atoms with Crippen molar-refractivity contribution in [2.45, 2.75) is 11.3 Å². The maximum absolute atomic E-state index is 12.8. The van der Waals surface area contributed by atoms with Gasteiger partial charge in [-0.25, -0.2) is 4.39 Å². The standard InChI is InChI=1S/C18H23FN4O2S.HI/c1-20-18(23-11-10-21-17(24)16-4-2-12-25-16)22-9-3-13-26-15-7-5-14(19)6-8-15;/h2,4-8,12H,3,9-11,13H2,1H3,(H,21,24)(H2,20,22,23);1H. The third-order valence-electron chi connectivity index (χ3n) is 3.37. The van der Waals surface area contributed by atoms with Gasteiger partial charge in [-0.3, -0.25) is 9.79 Å². The van der Waals surface area contributed by atoms with Crippen LogP contribution in [0.4, 0.5) is 4.39 Å². The average Bonchev–Trinajstić information content (AvgIpc) is 3.19. The second kappa shape index (κ2) is 13.4. The maximum Gasteiger partial charge on any atom is 0.287 e. The summed E-state index contributed by atoms with van der Waals surface area (Å²) in [7, 11) is 1.70. The van der Waals surface area contributed by atoms with Gasteiger partial charge in [0.15, 0.2) is 11.7 Å². The molecule has 9 heteroatoms. The molecule has 0 saturated heterocycles. The fourth-order valence-corrected chi connectivity index (χ4v) is 2.93. The van der Waals surface area contributed by atoms with Crippen molar-refractivity contribution < 1.29 is 13.6 Å². The van der Waals surface area contributed by atoms with Crippen molar-refractivity contribution in [3.8, 4) is 0 Å². The molecule has 1 aromatic heterocycles. The topological polar surface area (TPSA) is 78.7 Å². The molecule has 2 rings (SSSR count). The molecule has 6 nitrogen and oxygen atoms in total. The number of benzene rings is 1. The molecule has 0 atom stereocenters. The molecule has 1 amide bonds. The summed E-state index contributed by atoms with van der Waals surface area (Å²) in [6.07, 6.45) is 2.41. The van der Waals surface area contributed by atoms with Crippen LogP contribution in [0.5, 0.6) is 0 Å². The molecular formula is C18H24FIN4O2S. The molecule has 1 heterocycles. The zero-order valence-corrected chi connectivity index (χ0v) is 18.2. The van der Waals surface area contributed by atoms with Crippen molar-refractivity contribution in [1.82, 2.24) is 16.0 Å². The minimum Gasteiger partial charge on any atom is -0.459 e. The lowest BCUT2D eigenvalue weighted by Gasteiger charge is -2.12. The second-order valence-corrected chi connectivity index (χ2v) is 6.48. The van der Waals surface area contributed by atoms with E-state index in [-0.39, 0.29) is 35.7 Å². The number of thioether (sulfide) groups is 1. The van der Waals surface area contributed by atoms with E-state index >= 15 is 0 Å². The van der Waals surface area contributed by atoms with Gasteiger partial charge >= 0.3 is 0 Å². The van der Waals surface area contributed by atoms with E-state index in [1.54, 1.807) is 43.1 Å². The lowest BCUT2D eigenvalue weighted by molar-refractivity contribution is 0.0926. The van der Waals surface area contributed by atoms with Gasteiger partial charge in [0, 0.05) is 31.6 Å². The van der Waals surface area contributed by atoms with Gasteiger partial charge < -0.3 is 20.4 Å². The van der Waals surface area contributed by atoms with E-state index in [4.69, 9.17) is 4.42 Å². The summed E-state index contributed by atoms with van der Waals surface area (Å²) in [5, 5.41) is 9.10. The normalized spacial score (nSPS) is 10.8. The number of hydrogen-bond acceptors (Lipinski definition) is 4. The minimum absolute atomic E-state index is 0. The minimum atomic E-state index is -0.238. The summed E-state index contributed by atoms with van der Waals surface area (Å²) in [5.41, 5.74) is 0. The molecule has 2 aromatic rings. The van der Waals surface area contributed by atoms with E-state index in [1.807, 2.05) is 0 Å².